The summed E-state index contributed by atoms with van der Waals surface area (Å²) in [5.41, 5.74) is 1.12. The highest BCUT2D eigenvalue weighted by Gasteiger charge is 2.24. The van der Waals surface area contributed by atoms with Gasteiger partial charge in [-0.25, -0.2) is 0 Å². The molecule has 0 saturated carbocycles. The Bertz CT molecular complexity index is 185. The third kappa shape index (κ3) is 1.67. The Kier molecular flexibility index (Phi) is 2.42. The normalized spacial score (nSPS) is 32.1. The van der Waals surface area contributed by atoms with Crippen LogP contribution in [0, 0.1) is 5.92 Å². The fourth-order valence-electron chi connectivity index (χ4n) is 1.58. The molecule has 12 heavy (non-hydrogen) atoms. The summed E-state index contributed by atoms with van der Waals surface area (Å²) in [5, 5.41) is 0. The van der Waals surface area contributed by atoms with E-state index in [9.17, 15) is 0 Å². The third-order valence-corrected chi connectivity index (χ3v) is 2.39. The van der Waals surface area contributed by atoms with E-state index in [2.05, 4.69) is 11.9 Å². The molecule has 68 valence electrons. The van der Waals surface area contributed by atoms with Gasteiger partial charge in [0.25, 0.3) is 0 Å². The van der Waals surface area contributed by atoms with Crippen molar-refractivity contribution >= 4 is 5.71 Å². The van der Waals surface area contributed by atoms with E-state index < -0.39 is 0 Å². The molecular formula is C9H15NO2. The summed E-state index contributed by atoms with van der Waals surface area (Å²) in [6.07, 6.45) is 2.16. The summed E-state index contributed by atoms with van der Waals surface area (Å²) in [4.78, 5) is 4.46. The van der Waals surface area contributed by atoms with Crippen LogP contribution in [0.3, 0.4) is 0 Å². The second kappa shape index (κ2) is 3.54. The molecule has 1 saturated heterocycles. The van der Waals surface area contributed by atoms with Crippen molar-refractivity contribution in [3.63, 3.8) is 0 Å². The van der Waals surface area contributed by atoms with Crippen LogP contribution in [0.2, 0.25) is 0 Å². The van der Waals surface area contributed by atoms with Crippen molar-refractivity contribution in [3.05, 3.63) is 0 Å². The highest BCUT2D eigenvalue weighted by molar-refractivity contribution is 5.88. The first-order valence-electron chi connectivity index (χ1n) is 4.62. The first kappa shape index (κ1) is 8.20. The molecule has 0 amide bonds. The van der Waals surface area contributed by atoms with Crippen molar-refractivity contribution in [1.29, 1.82) is 0 Å². The third-order valence-electron chi connectivity index (χ3n) is 2.39. The van der Waals surface area contributed by atoms with E-state index >= 15 is 0 Å². The molecule has 1 unspecified atom stereocenters. The van der Waals surface area contributed by atoms with E-state index in [4.69, 9.17) is 9.47 Å². The Hall–Kier alpha value is -0.410. The molecule has 0 aromatic carbocycles. The highest BCUT2D eigenvalue weighted by atomic mass is 16.7. The Labute approximate surface area is 72.8 Å². The number of nitrogens with zero attached hydrogens (tertiary/aromatic N) is 1. The van der Waals surface area contributed by atoms with Crippen LogP contribution in [-0.4, -0.2) is 31.8 Å². The predicted octanol–water partition coefficient (Wildman–Crippen LogP) is 1.23. The van der Waals surface area contributed by atoms with Crippen molar-refractivity contribution in [1.82, 2.24) is 0 Å². The minimum absolute atomic E-state index is 0.113. The minimum Gasteiger partial charge on any atom is -0.345 e. The molecule has 0 bridgehead atoms. The zero-order valence-electron chi connectivity index (χ0n) is 7.45. The predicted molar refractivity (Wildman–Crippen MR) is 46.4 cm³/mol. The summed E-state index contributed by atoms with van der Waals surface area (Å²) < 4.78 is 10.7. The molecule has 0 radical (unpaired) electrons. The van der Waals surface area contributed by atoms with Crippen LogP contribution in [0.1, 0.15) is 19.8 Å². The van der Waals surface area contributed by atoms with Crippen molar-refractivity contribution in [2.75, 3.05) is 19.8 Å². The standard InChI is InChI=1S/C9H15NO2/c1-7-2-3-8(10-6-7)9-11-4-5-12-9/h7,9H,2-6H2,1H3. The molecule has 0 aliphatic carbocycles. The highest BCUT2D eigenvalue weighted by Crippen LogP contribution is 2.18. The summed E-state index contributed by atoms with van der Waals surface area (Å²) in [6, 6.07) is 0. The summed E-state index contributed by atoms with van der Waals surface area (Å²) in [6.45, 7) is 4.62. The molecule has 1 atom stereocenters. The number of rotatable bonds is 1. The molecule has 0 aromatic rings. The number of hydrogen-bond acceptors (Lipinski definition) is 3. The lowest BCUT2D eigenvalue weighted by atomic mass is 10.00. The Morgan fingerprint density at radius 3 is 2.67 bits per heavy atom. The summed E-state index contributed by atoms with van der Waals surface area (Å²) in [5.74, 6) is 0.732. The van der Waals surface area contributed by atoms with Gasteiger partial charge in [-0.15, -0.1) is 0 Å². The molecule has 2 rings (SSSR count). The number of ether oxygens (including phenoxy) is 2. The van der Waals surface area contributed by atoms with E-state index in [1.54, 1.807) is 0 Å². The Balaban J connectivity index is 1.94. The second-order valence-corrected chi connectivity index (χ2v) is 3.55. The average molecular weight is 169 g/mol. The van der Waals surface area contributed by atoms with Crippen LogP contribution >= 0.6 is 0 Å². The molecule has 3 nitrogen and oxygen atoms in total. The van der Waals surface area contributed by atoms with Gasteiger partial charge in [0.15, 0.2) is 6.29 Å². The number of hydrogen-bond donors (Lipinski definition) is 0. The summed E-state index contributed by atoms with van der Waals surface area (Å²) >= 11 is 0. The smallest absolute Gasteiger partial charge is 0.196 e. The second-order valence-electron chi connectivity index (χ2n) is 3.55. The molecule has 0 N–H and O–H groups in total. The first-order chi connectivity index (χ1) is 5.86. The molecule has 2 aliphatic rings. The van der Waals surface area contributed by atoms with Crippen LogP contribution in [-0.2, 0) is 9.47 Å². The van der Waals surface area contributed by atoms with Crippen LogP contribution in [0.4, 0.5) is 0 Å². The van der Waals surface area contributed by atoms with Gasteiger partial charge in [0, 0.05) is 6.54 Å². The molecule has 2 aliphatic heterocycles. The lowest BCUT2D eigenvalue weighted by Crippen LogP contribution is -2.26. The van der Waals surface area contributed by atoms with Crippen LogP contribution in [0.5, 0.6) is 0 Å². The van der Waals surface area contributed by atoms with Gasteiger partial charge in [0.2, 0.25) is 0 Å². The average Bonchev–Trinajstić information content (AvgIpc) is 2.58. The van der Waals surface area contributed by atoms with Crippen molar-refractivity contribution < 1.29 is 9.47 Å². The van der Waals surface area contributed by atoms with Crippen molar-refractivity contribution in [2.24, 2.45) is 10.9 Å². The zero-order valence-corrected chi connectivity index (χ0v) is 7.45. The van der Waals surface area contributed by atoms with Gasteiger partial charge in [-0.2, -0.15) is 0 Å². The van der Waals surface area contributed by atoms with Gasteiger partial charge in [-0.3, -0.25) is 4.99 Å². The lowest BCUT2D eigenvalue weighted by molar-refractivity contribution is 0.0122. The van der Waals surface area contributed by atoms with Gasteiger partial charge in [-0.1, -0.05) is 6.92 Å². The topological polar surface area (TPSA) is 30.8 Å². The molecule has 1 fully saturated rings. The molecular weight excluding hydrogens is 154 g/mol. The van der Waals surface area contributed by atoms with Gasteiger partial charge in [0.05, 0.1) is 18.9 Å². The minimum atomic E-state index is -0.113. The van der Waals surface area contributed by atoms with E-state index in [1.807, 2.05) is 0 Å². The van der Waals surface area contributed by atoms with Gasteiger partial charge in [0.1, 0.15) is 0 Å². The van der Waals surface area contributed by atoms with Crippen molar-refractivity contribution in [3.8, 4) is 0 Å². The monoisotopic (exact) mass is 169 g/mol. The van der Waals surface area contributed by atoms with Gasteiger partial charge < -0.3 is 9.47 Å². The SMILES string of the molecule is CC1CCC(C2OCCO2)=NC1. The summed E-state index contributed by atoms with van der Waals surface area (Å²) in [7, 11) is 0. The number of aliphatic imine (C=N–C) groups is 1. The van der Waals surface area contributed by atoms with Gasteiger partial charge in [-0.05, 0) is 18.8 Å². The first-order valence-corrected chi connectivity index (χ1v) is 4.62. The van der Waals surface area contributed by atoms with E-state index in [0.29, 0.717) is 0 Å². The van der Waals surface area contributed by atoms with E-state index in [1.165, 1.54) is 6.42 Å². The maximum atomic E-state index is 5.37. The fraction of sp³-hybridized carbons (Fsp3) is 0.889. The largest absolute Gasteiger partial charge is 0.345 e. The van der Waals surface area contributed by atoms with Crippen LogP contribution < -0.4 is 0 Å². The zero-order chi connectivity index (χ0) is 8.39. The molecule has 0 spiro atoms. The lowest BCUT2D eigenvalue weighted by Gasteiger charge is -2.20. The maximum Gasteiger partial charge on any atom is 0.196 e. The van der Waals surface area contributed by atoms with E-state index in [-0.39, 0.29) is 6.29 Å². The molecule has 0 aromatic heterocycles. The fourth-order valence-corrected chi connectivity index (χ4v) is 1.58. The van der Waals surface area contributed by atoms with Crippen molar-refractivity contribution in [2.45, 2.75) is 26.1 Å². The van der Waals surface area contributed by atoms with E-state index in [0.717, 1.165) is 37.8 Å². The van der Waals surface area contributed by atoms with Gasteiger partial charge >= 0.3 is 0 Å². The quantitative estimate of drug-likeness (QED) is 0.591. The molecule has 2 heterocycles. The van der Waals surface area contributed by atoms with Crippen LogP contribution in [0.25, 0.3) is 0 Å². The Morgan fingerprint density at radius 2 is 2.08 bits per heavy atom. The van der Waals surface area contributed by atoms with Crippen LogP contribution in [0.15, 0.2) is 4.99 Å². The maximum absolute atomic E-state index is 5.37. The Morgan fingerprint density at radius 1 is 1.33 bits per heavy atom. The molecule has 3 heteroatoms.